The van der Waals surface area contributed by atoms with E-state index < -0.39 is 0 Å². The predicted octanol–water partition coefficient (Wildman–Crippen LogP) is 10.5. The van der Waals surface area contributed by atoms with Gasteiger partial charge in [0.2, 0.25) is 0 Å². The average molecular weight is 851 g/mol. The van der Waals surface area contributed by atoms with Crippen molar-refractivity contribution in [3.8, 4) is 22.7 Å². The first-order valence-corrected chi connectivity index (χ1v) is 21.3. The Morgan fingerprint density at radius 1 is 0.273 bits per heavy atom. The van der Waals surface area contributed by atoms with E-state index in [-0.39, 0.29) is 5.78 Å². The fraction of sp³-hybridized carbons (Fsp3) is 0. The van der Waals surface area contributed by atoms with Gasteiger partial charge in [0, 0.05) is 170 Å². The number of hydrogen-bond donors (Lipinski definition) is 0. The number of carbonyl (C=O) groups excluding carboxylic acids is 1. The highest BCUT2D eigenvalue weighted by Crippen LogP contribution is 2.38. The number of hydrogen-bond acceptors (Lipinski definition) is 9. The van der Waals surface area contributed by atoms with E-state index in [0.29, 0.717) is 11.1 Å². The van der Waals surface area contributed by atoms with Gasteiger partial charge >= 0.3 is 0 Å². The number of rotatable bonds is 6. The third kappa shape index (κ3) is 5.13. The number of fused-ring (bicyclic) bond motifs is 12. The summed E-state index contributed by atoms with van der Waals surface area (Å²) in [5.41, 5.74) is 11.6. The quantitative estimate of drug-likeness (QED) is 0.150. The van der Waals surface area contributed by atoms with E-state index in [9.17, 15) is 0 Å². The molecule has 13 nitrogen and oxygen atoms in total. The maximum Gasteiger partial charge on any atom is 0.193 e. The van der Waals surface area contributed by atoms with Crippen molar-refractivity contribution in [1.29, 1.82) is 0 Å². The van der Waals surface area contributed by atoms with Crippen LogP contribution in [0.4, 0.5) is 0 Å². The fourth-order valence-corrected chi connectivity index (χ4v) is 10.1. The average Bonchev–Trinajstić information content (AvgIpc) is 4.11. The highest BCUT2D eigenvalue weighted by Gasteiger charge is 2.23. The van der Waals surface area contributed by atoms with Crippen molar-refractivity contribution in [1.82, 2.24) is 58.1 Å². The molecule has 308 valence electrons. The molecular formula is C53H30N12O. The van der Waals surface area contributed by atoms with E-state index in [0.717, 1.165) is 110 Å². The first-order chi connectivity index (χ1) is 32.7. The van der Waals surface area contributed by atoms with E-state index >= 15 is 4.79 Å². The Bertz CT molecular complexity index is 3600. The Hall–Kier alpha value is -9.49. The molecule has 0 saturated carbocycles. The van der Waals surface area contributed by atoms with Crippen LogP contribution in [0.2, 0.25) is 0 Å². The molecule has 0 radical (unpaired) electrons. The summed E-state index contributed by atoms with van der Waals surface area (Å²) in [5, 5.41) is 7.72. The van der Waals surface area contributed by atoms with Crippen LogP contribution in [-0.4, -0.2) is 63.9 Å². The number of benzene rings is 2. The first-order valence-electron chi connectivity index (χ1n) is 21.3. The SMILES string of the molecule is O=C(c1cc(-n2c3ccncc3c3cnccc32)cc(-n2c3ccncc3c3cnccc32)c1)c1cc(-n2c3ccncc3c3cnccc32)cc(-n2c3ccncc3c3ccncc32)c1. The van der Waals surface area contributed by atoms with Gasteiger partial charge in [-0.3, -0.25) is 44.7 Å². The Balaban J connectivity index is 1.07. The van der Waals surface area contributed by atoms with Crippen molar-refractivity contribution in [2.75, 3.05) is 0 Å². The second-order valence-electron chi connectivity index (χ2n) is 16.3. The lowest BCUT2D eigenvalue weighted by Crippen LogP contribution is -2.09. The molecule has 0 unspecified atom stereocenters. The molecule has 0 atom stereocenters. The van der Waals surface area contributed by atoms with Gasteiger partial charge in [0.15, 0.2) is 5.78 Å². The maximum absolute atomic E-state index is 15.9. The molecule has 2 aromatic carbocycles. The summed E-state index contributed by atoms with van der Waals surface area (Å²) in [7, 11) is 0. The van der Waals surface area contributed by atoms with Gasteiger partial charge in [0.25, 0.3) is 0 Å². The van der Waals surface area contributed by atoms with Gasteiger partial charge in [0.1, 0.15) is 0 Å². The van der Waals surface area contributed by atoms with Gasteiger partial charge in [-0.05, 0) is 84.9 Å². The smallest absolute Gasteiger partial charge is 0.193 e. The number of carbonyl (C=O) groups is 1. The lowest BCUT2D eigenvalue weighted by atomic mass is 10.00. The molecule has 12 aromatic heterocycles. The zero-order valence-electron chi connectivity index (χ0n) is 34.6. The minimum atomic E-state index is -0.168. The monoisotopic (exact) mass is 850 g/mol. The highest BCUT2D eigenvalue weighted by molar-refractivity contribution is 6.14. The molecule has 14 rings (SSSR count). The molecule has 66 heavy (non-hydrogen) atoms. The van der Waals surface area contributed by atoms with Crippen molar-refractivity contribution < 1.29 is 4.79 Å². The Morgan fingerprint density at radius 2 is 0.515 bits per heavy atom. The van der Waals surface area contributed by atoms with Crippen LogP contribution >= 0.6 is 0 Å². The van der Waals surface area contributed by atoms with Gasteiger partial charge in [-0.15, -0.1) is 0 Å². The van der Waals surface area contributed by atoms with Crippen molar-refractivity contribution in [2.24, 2.45) is 0 Å². The minimum Gasteiger partial charge on any atom is -0.309 e. The lowest BCUT2D eigenvalue weighted by molar-refractivity contribution is 0.103. The lowest BCUT2D eigenvalue weighted by Gasteiger charge is -2.17. The highest BCUT2D eigenvalue weighted by atomic mass is 16.1. The van der Waals surface area contributed by atoms with Crippen LogP contribution in [0.5, 0.6) is 0 Å². The number of aromatic nitrogens is 12. The normalized spacial score (nSPS) is 12.0. The van der Waals surface area contributed by atoms with Crippen molar-refractivity contribution in [3.05, 3.63) is 195 Å². The van der Waals surface area contributed by atoms with E-state index in [1.807, 2.05) is 122 Å². The Kier molecular flexibility index (Phi) is 7.51. The molecule has 0 amide bonds. The molecule has 0 N–H and O–H groups in total. The topological polar surface area (TPSA) is 140 Å². The second kappa shape index (κ2) is 13.8. The van der Waals surface area contributed by atoms with Gasteiger partial charge in [-0.2, -0.15) is 0 Å². The Morgan fingerprint density at radius 3 is 0.818 bits per heavy atom. The van der Waals surface area contributed by atoms with Gasteiger partial charge in [-0.1, -0.05) is 0 Å². The van der Waals surface area contributed by atoms with Gasteiger partial charge in [-0.25, -0.2) is 0 Å². The molecule has 0 spiro atoms. The summed E-state index contributed by atoms with van der Waals surface area (Å²) in [6.07, 6.45) is 29.3. The van der Waals surface area contributed by atoms with E-state index in [1.165, 1.54) is 0 Å². The van der Waals surface area contributed by atoms with Crippen LogP contribution in [-0.2, 0) is 0 Å². The van der Waals surface area contributed by atoms with Gasteiger partial charge < -0.3 is 18.3 Å². The van der Waals surface area contributed by atoms with Gasteiger partial charge in [0.05, 0.1) is 50.3 Å². The summed E-state index contributed by atoms with van der Waals surface area (Å²) in [4.78, 5) is 51.9. The predicted molar refractivity (Wildman–Crippen MR) is 256 cm³/mol. The van der Waals surface area contributed by atoms with Crippen LogP contribution in [0, 0.1) is 0 Å². The van der Waals surface area contributed by atoms with Crippen molar-refractivity contribution in [2.45, 2.75) is 0 Å². The summed E-state index contributed by atoms with van der Waals surface area (Å²) in [6, 6.07) is 28.2. The van der Waals surface area contributed by atoms with Crippen LogP contribution in [0.15, 0.2) is 184 Å². The second-order valence-corrected chi connectivity index (χ2v) is 16.3. The minimum absolute atomic E-state index is 0.168. The van der Waals surface area contributed by atoms with Crippen LogP contribution in [0.3, 0.4) is 0 Å². The standard InChI is InChI=1S/C53H30N12O/c66-53(31-17-33(62-46-3-11-55-24-39(46)40-25-56-12-4-47(40)62)21-34(18-31)63-48-5-13-57-26-41(48)42-27-58-14-6-49(42)63)32-19-35(64-50-7-15-59-28-43(50)44-29-60-16-8-51(44)64)22-36(20-32)65-45-2-10-54-23-38(45)37-1-9-61-30-52(37)65/h1-30H. The molecule has 14 aromatic rings. The summed E-state index contributed by atoms with van der Waals surface area (Å²) in [6.45, 7) is 0. The molecule has 0 aliphatic heterocycles. The molecule has 0 aliphatic rings. The van der Waals surface area contributed by atoms with Crippen LogP contribution in [0.1, 0.15) is 15.9 Å². The number of nitrogens with zero attached hydrogens (tertiary/aromatic N) is 12. The molecule has 0 bridgehead atoms. The number of pyridine rings is 8. The third-order valence-corrected chi connectivity index (χ3v) is 12.8. The molecule has 12 heterocycles. The molecular weight excluding hydrogens is 821 g/mol. The fourth-order valence-electron chi connectivity index (χ4n) is 10.1. The zero-order valence-corrected chi connectivity index (χ0v) is 34.6. The third-order valence-electron chi connectivity index (χ3n) is 12.8. The molecule has 0 fully saturated rings. The maximum atomic E-state index is 15.9. The molecule has 13 heteroatoms. The number of ketones is 1. The summed E-state index contributed by atoms with van der Waals surface area (Å²) >= 11 is 0. The largest absolute Gasteiger partial charge is 0.309 e. The van der Waals surface area contributed by atoms with Crippen molar-refractivity contribution >= 4 is 93.0 Å². The van der Waals surface area contributed by atoms with E-state index in [2.05, 4.69) is 70.3 Å². The van der Waals surface area contributed by atoms with Crippen molar-refractivity contribution in [3.63, 3.8) is 0 Å². The summed E-state index contributed by atoms with van der Waals surface area (Å²) in [5.74, 6) is -0.168. The van der Waals surface area contributed by atoms with Crippen LogP contribution in [0.25, 0.3) is 110 Å². The molecule has 0 aliphatic carbocycles. The van der Waals surface area contributed by atoms with E-state index in [1.54, 1.807) is 49.6 Å². The first kappa shape index (κ1) is 36.0. The zero-order chi connectivity index (χ0) is 43.5. The Labute approximate surface area is 372 Å². The van der Waals surface area contributed by atoms with E-state index in [4.69, 9.17) is 0 Å². The van der Waals surface area contributed by atoms with Crippen LogP contribution < -0.4 is 0 Å². The molecule has 0 saturated heterocycles. The summed E-state index contributed by atoms with van der Waals surface area (Å²) < 4.78 is 8.72.